The summed E-state index contributed by atoms with van der Waals surface area (Å²) in [6.45, 7) is 3.46. The van der Waals surface area contributed by atoms with Gasteiger partial charge in [-0.05, 0) is 28.2 Å². The molecule has 1 atom stereocenters. The topological polar surface area (TPSA) is 146 Å². The number of anilines is 1. The smallest absolute Gasteiger partial charge is 0.414 e. The fourth-order valence-corrected chi connectivity index (χ4v) is 3.87. The molecule has 0 radical (unpaired) electrons. The maximum atomic E-state index is 12.3. The van der Waals surface area contributed by atoms with Gasteiger partial charge in [-0.1, -0.05) is 62.4 Å². The number of benzene rings is 2. The Kier molecular flexibility index (Phi) is 6.07. The number of hydrogen-bond acceptors (Lipinski definition) is 6. The van der Waals surface area contributed by atoms with Crippen molar-refractivity contribution in [2.24, 2.45) is 5.92 Å². The van der Waals surface area contributed by atoms with Gasteiger partial charge in [-0.2, -0.15) is 4.98 Å². The van der Waals surface area contributed by atoms with Crippen LogP contribution in [0, 0.1) is 5.92 Å². The minimum absolute atomic E-state index is 0.0967. The maximum Gasteiger partial charge on any atom is 0.414 e. The van der Waals surface area contributed by atoms with E-state index >= 15 is 0 Å². The molecule has 1 heterocycles. The zero-order valence-corrected chi connectivity index (χ0v) is 18.0. The minimum atomic E-state index is -1.16. The van der Waals surface area contributed by atoms with Gasteiger partial charge in [0.1, 0.15) is 12.6 Å². The lowest BCUT2D eigenvalue weighted by Crippen LogP contribution is -2.44. The van der Waals surface area contributed by atoms with Gasteiger partial charge in [0.25, 0.3) is 11.9 Å². The molecule has 10 heteroatoms. The monoisotopic (exact) mass is 449 g/mol. The number of carbonyl (C=O) groups excluding carboxylic acids is 2. The molecular weight excluding hydrogens is 426 g/mol. The Bertz CT molecular complexity index is 1160. The number of nitrogens with one attached hydrogen (secondary N) is 3. The lowest BCUT2D eigenvalue weighted by molar-refractivity contribution is -0.140. The Balaban J connectivity index is 1.37. The second kappa shape index (κ2) is 9.11. The molecule has 10 nitrogen and oxygen atoms in total. The summed E-state index contributed by atoms with van der Waals surface area (Å²) in [5.74, 6) is -2.71. The van der Waals surface area contributed by atoms with Gasteiger partial charge < -0.3 is 15.2 Å². The van der Waals surface area contributed by atoms with Crippen molar-refractivity contribution in [2.75, 3.05) is 11.9 Å². The molecule has 0 spiro atoms. The number of carbonyl (C=O) groups is 3. The largest absolute Gasteiger partial charge is 0.480 e. The van der Waals surface area contributed by atoms with Gasteiger partial charge in [0, 0.05) is 5.92 Å². The lowest BCUT2D eigenvalue weighted by Gasteiger charge is -2.16. The third kappa shape index (κ3) is 4.54. The van der Waals surface area contributed by atoms with E-state index in [1.54, 1.807) is 13.8 Å². The molecule has 0 bridgehead atoms. The van der Waals surface area contributed by atoms with Crippen molar-refractivity contribution < 1.29 is 24.2 Å². The number of carboxylic acids is 1. The van der Waals surface area contributed by atoms with Crippen LogP contribution in [0.4, 0.5) is 10.7 Å². The maximum absolute atomic E-state index is 12.3. The predicted octanol–water partition coefficient (Wildman–Crippen LogP) is 3.00. The van der Waals surface area contributed by atoms with Crippen LogP contribution >= 0.6 is 0 Å². The van der Waals surface area contributed by atoms with E-state index in [0.717, 1.165) is 22.3 Å². The summed E-state index contributed by atoms with van der Waals surface area (Å²) in [5.41, 5.74) is 4.41. The first kappa shape index (κ1) is 22.0. The first-order valence-corrected chi connectivity index (χ1v) is 10.4. The number of aromatic nitrogens is 3. The van der Waals surface area contributed by atoms with Crippen LogP contribution in [-0.2, 0) is 9.53 Å². The molecule has 0 saturated heterocycles. The summed E-state index contributed by atoms with van der Waals surface area (Å²) in [6.07, 6.45) is -0.770. The lowest BCUT2D eigenvalue weighted by atomic mass is 9.98. The van der Waals surface area contributed by atoms with Crippen LogP contribution in [0.3, 0.4) is 0 Å². The molecule has 2 aromatic carbocycles. The third-order valence-electron chi connectivity index (χ3n) is 5.48. The van der Waals surface area contributed by atoms with Crippen LogP contribution in [0.5, 0.6) is 0 Å². The summed E-state index contributed by atoms with van der Waals surface area (Å²) < 4.78 is 5.42. The normalized spacial score (nSPS) is 13.2. The van der Waals surface area contributed by atoms with Crippen molar-refractivity contribution >= 4 is 23.9 Å². The number of aliphatic carboxylic acids is 1. The van der Waals surface area contributed by atoms with Gasteiger partial charge in [-0.3, -0.25) is 15.2 Å². The van der Waals surface area contributed by atoms with Crippen molar-refractivity contribution in [3.05, 3.63) is 65.5 Å². The van der Waals surface area contributed by atoms with E-state index < -0.39 is 24.0 Å². The highest BCUT2D eigenvalue weighted by molar-refractivity contribution is 5.94. The number of rotatable bonds is 7. The van der Waals surface area contributed by atoms with E-state index in [1.807, 2.05) is 48.5 Å². The quantitative estimate of drug-likeness (QED) is 0.434. The van der Waals surface area contributed by atoms with Gasteiger partial charge in [0.2, 0.25) is 5.82 Å². The van der Waals surface area contributed by atoms with Crippen LogP contribution in [0.25, 0.3) is 11.1 Å². The fourth-order valence-electron chi connectivity index (χ4n) is 3.87. The highest BCUT2D eigenvalue weighted by Gasteiger charge is 2.29. The van der Waals surface area contributed by atoms with E-state index in [-0.39, 0.29) is 30.2 Å². The van der Waals surface area contributed by atoms with E-state index in [1.165, 1.54) is 0 Å². The molecule has 3 aromatic rings. The van der Waals surface area contributed by atoms with Gasteiger partial charge in [0.05, 0.1) is 0 Å². The molecule has 0 saturated carbocycles. The van der Waals surface area contributed by atoms with Gasteiger partial charge >= 0.3 is 12.1 Å². The van der Waals surface area contributed by atoms with Crippen LogP contribution in [0.15, 0.2) is 48.5 Å². The van der Waals surface area contributed by atoms with Crippen molar-refractivity contribution in [3.8, 4) is 11.1 Å². The molecule has 4 rings (SSSR count). The van der Waals surface area contributed by atoms with Crippen molar-refractivity contribution in [1.29, 1.82) is 0 Å². The summed E-state index contributed by atoms with van der Waals surface area (Å²) in [6, 6.07) is 14.9. The summed E-state index contributed by atoms with van der Waals surface area (Å²) >= 11 is 0. The zero-order valence-electron chi connectivity index (χ0n) is 18.0. The molecule has 0 fully saturated rings. The highest BCUT2D eigenvalue weighted by atomic mass is 16.5. The molecule has 2 amide bonds. The van der Waals surface area contributed by atoms with Crippen molar-refractivity contribution in [3.63, 3.8) is 0 Å². The van der Waals surface area contributed by atoms with E-state index in [0.29, 0.717) is 0 Å². The number of H-pyrrole nitrogens is 1. The Labute approximate surface area is 189 Å². The molecule has 1 aromatic heterocycles. The summed E-state index contributed by atoms with van der Waals surface area (Å²) in [4.78, 5) is 39.7. The number of amides is 2. The number of aromatic amines is 1. The predicted molar refractivity (Wildman–Crippen MR) is 119 cm³/mol. The van der Waals surface area contributed by atoms with E-state index in [2.05, 4.69) is 25.8 Å². The van der Waals surface area contributed by atoms with Crippen LogP contribution in [-0.4, -0.2) is 50.9 Å². The molecule has 33 heavy (non-hydrogen) atoms. The van der Waals surface area contributed by atoms with Crippen molar-refractivity contribution in [1.82, 2.24) is 20.5 Å². The average Bonchev–Trinajstić information content (AvgIpc) is 3.38. The number of carboxylic acid groups (broad SMARTS) is 1. The average molecular weight is 449 g/mol. The Morgan fingerprint density at radius 2 is 1.67 bits per heavy atom. The first-order chi connectivity index (χ1) is 15.8. The fraction of sp³-hybridized carbons (Fsp3) is 0.261. The summed E-state index contributed by atoms with van der Waals surface area (Å²) in [7, 11) is 0. The Morgan fingerprint density at radius 3 is 2.24 bits per heavy atom. The van der Waals surface area contributed by atoms with Crippen LogP contribution < -0.4 is 10.6 Å². The molecule has 0 unspecified atom stereocenters. The first-order valence-electron chi connectivity index (χ1n) is 10.4. The van der Waals surface area contributed by atoms with Crippen molar-refractivity contribution in [2.45, 2.75) is 25.8 Å². The second-order valence-corrected chi connectivity index (χ2v) is 7.99. The molecule has 170 valence electrons. The Hall–Kier alpha value is -4.21. The third-order valence-corrected chi connectivity index (χ3v) is 5.48. The SMILES string of the molecule is CC(C)[C@@H](NC(=O)c1nc(NC(=O)OCC2c3ccccc3-c3ccccc32)n[nH]1)C(=O)O. The van der Waals surface area contributed by atoms with Gasteiger partial charge in [0.15, 0.2) is 0 Å². The summed E-state index contributed by atoms with van der Waals surface area (Å²) in [5, 5.41) is 20.1. The van der Waals surface area contributed by atoms with Crippen LogP contribution in [0.2, 0.25) is 0 Å². The second-order valence-electron chi connectivity index (χ2n) is 7.99. The highest BCUT2D eigenvalue weighted by Crippen LogP contribution is 2.44. The van der Waals surface area contributed by atoms with E-state index in [9.17, 15) is 19.5 Å². The zero-order chi connectivity index (χ0) is 23.5. The number of fused-ring (bicyclic) bond motifs is 3. The molecule has 4 N–H and O–H groups in total. The minimum Gasteiger partial charge on any atom is -0.480 e. The number of nitrogens with zero attached hydrogens (tertiary/aromatic N) is 2. The molecular formula is C23H23N5O5. The van der Waals surface area contributed by atoms with Crippen LogP contribution in [0.1, 0.15) is 41.5 Å². The number of ether oxygens (including phenoxy) is 1. The molecule has 1 aliphatic rings. The standard InChI is InChI=1S/C23H23N5O5/c1-12(2)18(21(30)31)24-20(29)19-25-22(28-27-19)26-23(32)33-11-17-15-9-5-3-7-13(15)14-8-4-6-10-16(14)17/h3-10,12,17-18H,11H2,1-2H3,(H,24,29)(H,30,31)(H2,25,26,27,28,32)/t18-/m1/s1. The van der Waals surface area contributed by atoms with E-state index in [4.69, 9.17) is 4.74 Å². The molecule has 1 aliphatic carbocycles. The van der Waals surface area contributed by atoms with Gasteiger partial charge in [-0.25, -0.2) is 9.59 Å². The molecule has 0 aliphatic heterocycles. The number of hydrogen-bond donors (Lipinski definition) is 4. The Morgan fingerprint density at radius 1 is 1.06 bits per heavy atom. The van der Waals surface area contributed by atoms with Gasteiger partial charge in [-0.15, -0.1) is 5.10 Å².